The number of carbonyl (C=O) groups is 2. The Morgan fingerprint density at radius 1 is 1.19 bits per heavy atom. The number of benzene rings is 2. The van der Waals surface area contributed by atoms with Crippen molar-refractivity contribution in [1.82, 2.24) is 0 Å². The average molecular weight is 366 g/mol. The Kier molecular flexibility index (Phi) is 3.50. The number of halogens is 1. The Morgan fingerprint density at radius 3 is 2.56 bits per heavy atom. The van der Waals surface area contributed by atoms with Gasteiger partial charge in [0.15, 0.2) is 0 Å². The van der Waals surface area contributed by atoms with Crippen molar-refractivity contribution in [3.63, 3.8) is 0 Å². The number of fused-ring (bicyclic) bond motifs is 2. The van der Waals surface area contributed by atoms with Gasteiger partial charge in [-0.1, -0.05) is 24.6 Å². The van der Waals surface area contributed by atoms with Crippen LogP contribution in [0.15, 0.2) is 42.5 Å². The molecule has 5 rings (SSSR count). The Bertz CT molecular complexity index is 936. The standard InChI is InChI=1S/C21H19FN2O3/c22-16-12-18-15(21(9-4-10-21)19(25)24(18)13-7-8-13)11-17(16)23-20(26)27-14-5-2-1-3-6-14/h1-3,5-6,11-13H,4,7-10H2,(H,23,26). The number of carbonyl (C=O) groups excluding carboxylic acids is 2. The third-order valence-corrected chi connectivity index (χ3v) is 5.80. The maximum atomic E-state index is 14.7. The number of ether oxygens (including phenoxy) is 1. The van der Waals surface area contributed by atoms with Crippen LogP contribution in [0.4, 0.5) is 20.6 Å². The summed E-state index contributed by atoms with van der Waals surface area (Å²) in [6, 6.07) is 11.8. The van der Waals surface area contributed by atoms with Crippen LogP contribution in [-0.2, 0) is 10.2 Å². The summed E-state index contributed by atoms with van der Waals surface area (Å²) in [4.78, 5) is 27.0. The van der Waals surface area contributed by atoms with Crippen LogP contribution in [0.2, 0.25) is 0 Å². The fourth-order valence-electron chi connectivity index (χ4n) is 4.14. The monoisotopic (exact) mass is 366 g/mol. The van der Waals surface area contributed by atoms with Gasteiger partial charge in [-0.2, -0.15) is 0 Å². The molecule has 2 aliphatic carbocycles. The van der Waals surface area contributed by atoms with E-state index < -0.39 is 17.3 Å². The normalized spacial score (nSPS) is 19.6. The van der Waals surface area contributed by atoms with Gasteiger partial charge in [-0.05, 0) is 49.4 Å². The summed E-state index contributed by atoms with van der Waals surface area (Å²) >= 11 is 0. The van der Waals surface area contributed by atoms with E-state index in [4.69, 9.17) is 4.74 Å². The van der Waals surface area contributed by atoms with E-state index in [1.165, 1.54) is 6.07 Å². The van der Waals surface area contributed by atoms with Crippen LogP contribution in [0.5, 0.6) is 5.75 Å². The van der Waals surface area contributed by atoms with Crippen LogP contribution in [0.25, 0.3) is 0 Å². The zero-order chi connectivity index (χ0) is 18.6. The molecule has 0 bridgehead atoms. The molecule has 0 radical (unpaired) electrons. The second-order valence-corrected chi connectivity index (χ2v) is 7.52. The highest BCUT2D eigenvalue weighted by Gasteiger charge is 2.57. The van der Waals surface area contributed by atoms with E-state index in [1.54, 1.807) is 35.2 Å². The van der Waals surface area contributed by atoms with Crippen LogP contribution in [0.1, 0.15) is 37.7 Å². The summed E-state index contributed by atoms with van der Waals surface area (Å²) in [6.45, 7) is 0. The molecule has 6 heteroatoms. The van der Waals surface area contributed by atoms with Crippen LogP contribution in [0.3, 0.4) is 0 Å². The van der Waals surface area contributed by atoms with E-state index in [2.05, 4.69) is 5.32 Å². The van der Waals surface area contributed by atoms with Crippen LogP contribution in [0, 0.1) is 5.82 Å². The van der Waals surface area contributed by atoms with Crippen molar-refractivity contribution >= 4 is 23.4 Å². The lowest BCUT2D eigenvalue weighted by Crippen LogP contribution is -2.45. The number of amides is 2. The third kappa shape index (κ3) is 2.51. The largest absolute Gasteiger partial charge is 0.417 e. The molecule has 1 N–H and O–H groups in total. The summed E-state index contributed by atoms with van der Waals surface area (Å²) in [5.41, 5.74) is 1.01. The summed E-state index contributed by atoms with van der Waals surface area (Å²) in [5, 5.41) is 2.48. The molecule has 0 unspecified atom stereocenters. The molecule has 2 aromatic carbocycles. The first kappa shape index (κ1) is 16.3. The SMILES string of the molecule is O=C(Nc1cc2c(cc1F)N(C1CC1)C(=O)C21CCC1)Oc1ccccc1. The zero-order valence-corrected chi connectivity index (χ0v) is 14.7. The van der Waals surface area contributed by atoms with Gasteiger partial charge >= 0.3 is 6.09 Å². The van der Waals surface area contributed by atoms with Gasteiger partial charge in [0.05, 0.1) is 16.8 Å². The fraction of sp³-hybridized carbons (Fsp3) is 0.333. The molecule has 0 aromatic heterocycles. The topological polar surface area (TPSA) is 58.6 Å². The van der Waals surface area contributed by atoms with E-state index >= 15 is 0 Å². The van der Waals surface area contributed by atoms with Gasteiger partial charge in [0.2, 0.25) is 5.91 Å². The minimum Gasteiger partial charge on any atom is -0.410 e. The summed E-state index contributed by atoms with van der Waals surface area (Å²) in [6.07, 6.45) is 3.72. The smallest absolute Gasteiger partial charge is 0.410 e. The van der Waals surface area contributed by atoms with Crippen LogP contribution >= 0.6 is 0 Å². The van der Waals surface area contributed by atoms with E-state index in [1.807, 2.05) is 6.07 Å². The molecule has 2 amide bonds. The highest BCUT2D eigenvalue weighted by Crippen LogP contribution is 2.56. The van der Waals surface area contributed by atoms with Gasteiger partial charge in [-0.3, -0.25) is 10.1 Å². The molecule has 1 heterocycles. The first-order chi connectivity index (χ1) is 13.1. The number of nitrogens with zero attached hydrogens (tertiary/aromatic N) is 1. The number of rotatable bonds is 3. The van der Waals surface area contributed by atoms with Gasteiger partial charge in [-0.15, -0.1) is 0 Å². The van der Waals surface area contributed by atoms with E-state index in [-0.39, 0.29) is 17.6 Å². The molecule has 1 aliphatic heterocycles. The predicted octanol–water partition coefficient (Wildman–Crippen LogP) is 4.37. The molecule has 27 heavy (non-hydrogen) atoms. The Labute approximate surface area is 156 Å². The van der Waals surface area contributed by atoms with Gasteiger partial charge in [-0.25, -0.2) is 9.18 Å². The summed E-state index contributed by atoms with van der Waals surface area (Å²) in [7, 11) is 0. The van der Waals surface area contributed by atoms with Crippen molar-refractivity contribution in [2.45, 2.75) is 43.6 Å². The van der Waals surface area contributed by atoms with Gasteiger partial charge < -0.3 is 9.64 Å². The molecule has 2 aromatic rings. The minimum absolute atomic E-state index is 0.0476. The average Bonchev–Trinajstić information content (AvgIpc) is 3.40. The van der Waals surface area contributed by atoms with Crippen molar-refractivity contribution < 1.29 is 18.7 Å². The number of anilines is 2. The Morgan fingerprint density at radius 2 is 1.93 bits per heavy atom. The lowest BCUT2D eigenvalue weighted by atomic mass is 9.65. The lowest BCUT2D eigenvalue weighted by Gasteiger charge is -2.37. The first-order valence-corrected chi connectivity index (χ1v) is 9.30. The van der Waals surface area contributed by atoms with Crippen molar-refractivity contribution in [2.75, 3.05) is 10.2 Å². The fourth-order valence-corrected chi connectivity index (χ4v) is 4.14. The quantitative estimate of drug-likeness (QED) is 0.878. The maximum absolute atomic E-state index is 14.7. The molecule has 5 nitrogen and oxygen atoms in total. The summed E-state index contributed by atoms with van der Waals surface area (Å²) < 4.78 is 19.9. The molecule has 0 atom stereocenters. The second kappa shape index (κ2) is 5.81. The minimum atomic E-state index is -0.758. The molecule has 3 aliphatic rings. The molecular weight excluding hydrogens is 347 g/mol. The van der Waals surface area contributed by atoms with Gasteiger partial charge in [0, 0.05) is 12.1 Å². The van der Waals surface area contributed by atoms with Crippen molar-refractivity contribution in [1.29, 1.82) is 0 Å². The van der Waals surface area contributed by atoms with Gasteiger partial charge in [0.1, 0.15) is 11.6 Å². The second-order valence-electron chi connectivity index (χ2n) is 7.52. The zero-order valence-electron chi connectivity index (χ0n) is 14.7. The van der Waals surface area contributed by atoms with E-state index in [9.17, 15) is 14.0 Å². The molecule has 0 saturated heterocycles. The highest BCUT2D eigenvalue weighted by molar-refractivity contribution is 6.10. The number of nitrogens with one attached hydrogen (secondary N) is 1. The predicted molar refractivity (Wildman–Crippen MR) is 98.5 cm³/mol. The lowest BCUT2D eigenvalue weighted by molar-refractivity contribution is -0.126. The van der Waals surface area contributed by atoms with Crippen molar-refractivity contribution in [3.05, 3.63) is 53.8 Å². The molecule has 138 valence electrons. The number of para-hydroxylation sites is 1. The molecule has 2 saturated carbocycles. The third-order valence-electron chi connectivity index (χ3n) is 5.80. The molecule has 1 spiro atoms. The van der Waals surface area contributed by atoms with Crippen molar-refractivity contribution in [3.8, 4) is 5.75 Å². The van der Waals surface area contributed by atoms with E-state index in [0.29, 0.717) is 11.4 Å². The Balaban J connectivity index is 1.45. The van der Waals surface area contributed by atoms with Crippen LogP contribution < -0.4 is 15.0 Å². The molecular formula is C21H19FN2O3. The Hall–Kier alpha value is -2.89. The van der Waals surface area contributed by atoms with Crippen LogP contribution in [-0.4, -0.2) is 18.0 Å². The number of hydrogen-bond donors (Lipinski definition) is 1. The molecule has 2 fully saturated rings. The van der Waals surface area contributed by atoms with Gasteiger partial charge in [0.25, 0.3) is 0 Å². The summed E-state index contributed by atoms with van der Waals surface area (Å²) in [5.74, 6) is -0.0923. The number of hydrogen-bond acceptors (Lipinski definition) is 3. The van der Waals surface area contributed by atoms with Crippen molar-refractivity contribution in [2.24, 2.45) is 0 Å². The van der Waals surface area contributed by atoms with E-state index in [0.717, 1.165) is 37.7 Å². The highest BCUT2D eigenvalue weighted by atomic mass is 19.1. The first-order valence-electron chi connectivity index (χ1n) is 9.30. The maximum Gasteiger partial charge on any atom is 0.417 e.